The van der Waals surface area contributed by atoms with E-state index in [1.54, 1.807) is 11.3 Å². The van der Waals surface area contributed by atoms with E-state index in [-0.39, 0.29) is 6.04 Å². The number of aryl methyl sites for hydroxylation is 2. The minimum absolute atomic E-state index is 0.207. The maximum atomic E-state index is 5.80. The van der Waals surface area contributed by atoms with Crippen molar-refractivity contribution < 1.29 is 0 Å². The van der Waals surface area contributed by atoms with Gasteiger partial charge in [-0.25, -0.2) is 4.98 Å². The van der Waals surface area contributed by atoms with Gasteiger partial charge in [0.15, 0.2) is 0 Å². The Hall–Kier alpha value is -1.23. The van der Waals surface area contributed by atoms with Crippen LogP contribution in [0.5, 0.6) is 0 Å². The molecule has 0 spiro atoms. The highest BCUT2D eigenvalue weighted by Crippen LogP contribution is 2.38. The number of benzene rings is 1. The zero-order valence-electron chi connectivity index (χ0n) is 11.8. The fraction of sp³-hybridized carbons (Fsp3) is 0.438. The topological polar surface area (TPSA) is 50.9 Å². The Morgan fingerprint density at radius 1 is 1.45 bits per heavy atom. The standard InChI is InChI=1S/C16H21N3S/c1-11-16(20-10-18-11)15(19-17)9-13-7-4-6-12-5-2-3-8-14(12)13/h2-3,5,8,10,13,15,19H,4,6-7,9,17H2,1H3. The zero-order chi connectivity index (χ0) is 13.9. The number of aromatic nitrogens is 1. The Morgan fingerprint density at radius 2 is 2.30 bits per heavy atom. The number of hydrogen-bond acceptors (Lipinski definition) is 4. The molecule has 0 aliphatic heterocycles. The molecule has 1 aliphatic rings. The lowest BCUT2D eigenvalue weighted by Crippen LogP contribution is -2.30. The Morgan fingerprint density at radius 3 is 3.05 bits per heavy atom. The molecule has 3 rings (SSSR count). The van der Waals surface area contributed by atoms with E-state index in [9.17, 15) is 0 Å². The first-order valence-corrected chi connectivity index (χ1v) is 8.11. The average Bonchev–Trinajstić information content (AvgIpc) is 2.91. The molecule has 2 atom stereocenters. The van der Waals surface area contributed by atoms with E-state index >= 15 is 0 Å². The lowest BCUT2D eigenvalue weighted by molar-refractivity contribution is 0.428. The molecule has 2 aromatic rings. The van der Waals surface area contributed by atoms with Crippen molar-refractivity contribution in [1.82, 2.24) is 10.4 Å². The van der Waals surface area contributed by atoms with Gasteiger partial charge in [0.1, 0.15) is 0 Å². The summed E-state index contributed by atoms with van der Waals surface area (Å²) in [4.78, 5) is 5.62. The first kappa shape index (κ1) is 13.7. The van der Waals surface area contributed by atoms with Crippen molar-refractivity contribution >= 4 is 11.3 Å². The molecule has 0 fully saturated rings. The quantitative estimate of drug-likeness (QED) is 0.669. The van der Waals surface area contributed by atoms with Crippen LogP contribution in [0.3, 0.4) is 0 Å². The molecule has 2 unspecified atom stereocenters. The van der Waals surface area contributed by atoms with Crippen LogP contribution >= 0.6 is 11.3 Å². The third-order valence-electron chi connectivity index (χ3n) is 4.31. The molecule has 4 heteroatoms. The smallest absolute Gasteiger partial charge is 0.0798 e. The van der Waals surface area contributed by atoms with E-state index in [4.69, 9.17) is 5.84 Å². The van der Waals surface area contributed by atoms with Crippen LogP contribution in [0.1, 0.15) is 52.9 Å². The molecule has 1 heterocycles. The van der Waals surface area contributed by atoms with Gasteiger partial charge in [-0.15, -0.1) is 11.3 Å². The predicted octanol–water partition coefficient (Wildman–Crippen LogP) is 3.47. The SMILES string of the molecule is Cc1ncsc1C(CC1CCCc2ccccc21)NN. The Bertz CT molecular complexity index is 579. The molecular formula is C16H21N3S. The first-order valence-electron chi connectivity index (χ1n) is 7.23. The number of hydrogen-bond donors (Lipinski definition) is 2. The van der Waals surface area contributed by atoms with Crippen molar-refractivity contribution in [3.8, 4) is 0 Å². The Balaban J connectivity index is 1.82. The second-order valence-electron chi connectivity index (χ2n) is 5.54. The lowest BCUT2D eigenvalue weighted by atomic mass is 9.79. The van der Waals surface area contributed by atoms with Crippen molar-refractivity contribution in [2.75, 3.05) is 0 Å². The van der Waals surface area contributed by atoms with Gasteiger partial charge in [0.25, 0.3) is 0 Å². The molecule has 0 saturated carbocycles. The van der Waals surface area contributed by atoms with Crippen LogP contribution in [-0.2, 0) is 6.42 Å². The van der Waals surface area contributed by atoms with Crippen molar-refractivity contribution in [3.63, 3.8) is 0 Å². The first-order chi connectivity index (χ1) is 9.79. The van der Waals surface area contributed by atoms with Crippen LogP contribution in [-0.4, -0.2) is 4.98 Å². The normalized spacial score (nSPS) is 19.6. The van der Waals surface area contributed by atoms with E-state index < -0.39 is 0 Å². The Kier molecular flexibility index (Phi) is 4.15. The summed E-state index contributed by atoms with van der Waals surface area (Å²) < 4.78 is 0. The van der Waals surface area contributed by atoms with Crippen LogP contribution in [0, 0.1) is 6.92 Å². The van der Waals surface area contributed by atoms with E-state index in [0.29, 0.717) is 5.92 Å². The minimum atomic E-state index is 0.207. The van der Waals surface area contributed by atoms with Crippen LogP contribution in [0.25, 0.3) is 0 Å². The molecule has 0 amide bonds. The highest BCUT2D eigenvalue weighted by Gasteiger charge is 2.25. The lowest BCUT2D eigenvalue weighted by Gasteiger charge is -2.28. The monoisotopic (exact) mass is 287 g/mol. The summed E-state index contributed by atoms with van der Waals surface area (Å²) in [5.74, 6) is 6.40. The average molecular weight is 287 g/mol. The number of nitrogens with zero attached hydrogens (tertiary/aromatic N) is 1. The van der Waals surface area contributed by atoms with E-state index in [0.717, 1.165) is 12.1 Å². The Labute approximate surface area is 124 Å². The molecule has 106 valence electrons. The fourth-order valence-corrected chi connectivity index (χ4v) is 4.16. The molecule has 1 aliphatic carbocycles. The van der Waals surface area contributed by atoms with Crippen LogP contribution in [0.15, 0.2) is 29.8 Å². The fourth-order valence-electron chi connectivity index (χ4n) is 3.28. The van der Waals surface area contributed by atoms with Crippen molar-refractivity contribution in [3.05, 3.63) is 51.5 Å². The summed E-state index contributed by atoms with van der Waals surface area (Å²) in [5, 5.41) is 0. The maximum absolute atomic E-state index is 5.80. The summed E-state index contributed by atoms with van der Waals surface area (Å²) in [5.41, 5.74) is 9.03. The molecule has 3 N–H and O–H groups in total. The summed E-state index contributed by atoms with van der Waals surface area (Å²) in [7, 11) is 0. The molecular weight excluding hydrogens is 266 g/mol. The highest BCUT2D eigenvalue weighted by atomic mass is 32.1. The van der Waals surface area contributed by atoms with Gasteiger partial charge >= 0.3 is 0 Å². The molecule has 0 radical (unpaired) electrons. The van der Waals surface area contributed by atoms with E-state index in [1.165, 1.54) is 35.3 Å². The van der Waals surface area contributed by atoms with Crippen molar-refractivity contribution in [1.29, 1.82) is 0 Å². The zero-order valence-corrected chi connectivity index (χ0v) is 12.6. The largest absolute Gasteiger partial charge is 0.271 e. The number of rotatable bonds is 4. The number of fused-ring (bicyclic) bond motifs is 1. The number of thiazole rings is 1. The molecule has 0 saturated heterocycles. The van der Waals surface area contributed by atoms with Gasteiger partial charge < -0.3 is 0 Å². The third-order valence-corrected chi connectivity index (χ3v) is 5.36. The van der Waals surface area contributed by atoms with Gasteiger partial charge in [-0.3, -0.25) is 11.3 Å². The van der Waals surface area contributed by atoms with E-state index in [2.05, 4.69) is 41.6 Å². The highest BCUT2D eigenvalue weighted by molar-refractivity contribution is 7.09. The number of nitrogens with two attached hydrogens (primary N) is 1. The van der Waals surface area contributed by atoms with Gasteiger partial charge in [0.05, 0.1) is 17.2 Å². The summed E-state index contributed by atoms with van der Waals surface area (Å²) in [6, 6.07) is 9.06. The van der Waals surface area contributed by atoms with Gasteiger partial charge in [0, 0.05) is 4.88 Å². The molecule has 1 aromatic carbocycles. The second kappa shape index (κ2) is 6.04. The van der Waals surface area contributed by atoms with Crippen molar-refractivity contribution in [2.24, 2.45) is 5.84 Å². The van der Waals surface area contributed by atoms with Crippen LogP contribution in [0.4, 0.5) is 0 Å². The van der Waals surface area contributed by atoms with Gasteiger partial charge in [0.2, 0.25) is 0 Å². The van der Waals surface area contributed by atoms with E-state index in [1.807, 2.05) is 5.51 Å². The van der Waals surface area contributed by atoms with Gasteiger partial charge in [-0.2, -0.15) is 0 Å². The van der Waals surface area contributed by atoms with Crippen LogP contribution in [0.2, 0.25) is 0 Å². The molecule has 3 nitrogen and oxygen atoms in total. The minimum Gasteiger partial charge on any atom is -0.271 e. The number of hydrazine groups is 1. The summed E-state index contributed by atoms with van der Waals surface area (Å²) in [6.07, 6.45) is 4.80. The van der Waals surface area contributed by atoms with Gasteiger partial charge in [-0.1, -0.05) is 24.3 Å². The number of nitrogens with one attached hydrogen (secondary N) is 1. The molecule has 1 aromatic heterocycles. The maximum Gasteiger partial charge on any atom is 0.0798 e. The van der Waals surface area contributed by atoms with Crippen LogP contribution < -0.4 is 11.3 Å². The molecule has 20 heavy (non-hydrogen) atoms. The predicted molar refractivity (Wildman–Crippen MR) is 83.7 cm³/mol. The third kappa shape index (κ3) is 2.64. The molecule has 0 bridgehead atoms. The summed E-state index contributed by atoms with van der Waals surface area (Å²) >= 11 is 1.70. The van der Waals surface area contributed by atoms with Crippen molar-refractivity contribution in [2.45, 2.75) is 44.6 Å². The second-order valence-corrected chi connectivity index (χ2v) is 6.43. The summed E-state index contributed by atoms with van der Waals surface area (Å²) in [6.45, 7) is 2.06. The van der Waals surface area contributed by atoms with Gasteiger partial charge in [-0.05, 0) is 49.7 Å².